The van der Waals surface area contributed by atoms with E-state index in [4.69, 9.17) is 5.73 Å². The zero-order valence-corrected chi connectivity index (χ0v) is 8.30. The van der Waals surface area contributed by atoms with Gasteiger partial charge in [-0.2, -0.15) is 0 Å². The highest BCUT2D eigenvalue weighted by Gasteiger charge is 2.18. The van der Waals surface area contributed by atoms with Crippen molar-refractivity contribution in [3.05, 3.63) is 29.6 Å². The van der Waals surface area contributed by atoms with Crippen molar-refractivity contribution in [3.63, 3.8) is 0 Å². The summed E-state index contributed by atoms with van der Waals surface area (Å²) in [6.07, 6.45) is 5.96. The molecule has 0 atom stereocenters. The molecule has 2 N–H and O–H groups in total. The van der Waals surface area contributed by atoms with Crippen LogP contribution in [0.3, 0.4) is 0 Å². The lowest BCUT2D eigenvalue weighted by atomic mass is 9.84. The predicted octanol–water partition coefficient (Wildman–Crippen LogP) is 3.46. The van der Waals surface area contributed by atoms with Gasteiger partial charge >= 0.3 is 0 Å². The van der Waals surface area contributed by atoms with Crippen molar-refractivity contribution in [2.24, 2.45) is 0 Å². The standard InChI is InChI=1S/C12H16FN/c13-12-7-6-10(14)8-11(12)9-4-2-1-3-5-9/h6-9H,1-5,14H2. The first-order valence-corrected chi connectivity index (χ1v) is 5.32. The SMILES string of the molecule is Nc1ccc(F)c(C2CCCCC2)c1. The van der Waals surface area contributed by atoms with Crippen LogP contribution in [-0.4, -0.2) is 0 Å². The second-order valence-electron chi connectivity index (χ2n) is 4.12. The number of hydrogen-bond acceptors (Lipinski definition) is 1. The van der Waals surface area contributed by atoms with E-state index in [0.717, 1.165) is 18.4 Å². The number of rotatable bonds is 1. The van der Waals surface area contributed by atoms with Crippen LogP contribution in [0.2, 0.25) is 0 Å². The van der Waals surface area contributed by atoms with E-state index >= 15 is 0 Å². The molecule has 1 aromatic rings. The average Bonchev–Trinajstić information content (AvgIpc) is 2.23. The Hall–Kier alpha value is -1.05. The Labute approximate surface area is 84.1 Å². The fourth-order valence-corrected chi connectivity index (χ4v) is 2.29. The molecule has 2 heteroatoms. The lowest BCUT2D eigenvalue weighted by Gasteiger charge is -2.22. The van der Waals surface area contributed by atoms with Gasteiger partial charge in [0.05, 0.1) is 0 Å². The van der Waals surface area contributed by atoms with E-state index < -0.39 is 0 Å². The number of nitrogens with two attached hydrogens (primary N) is 1. The summed E-state index contributed by atoms with van der Waals surface area (Å²) in [7, 11) is 0. The molecule has 1 saturated carbocycles. The zero-order chi connectivity index (χ0) is 9.97. The summed E-state index contributed by atoms with van der Waals surface area (Å²) in [4.78, 5) is 0. The molecule has 0 radical (unpaired) electrons. The third-order valence-corrected chi connectivity index (χ3v) is 3.07. The van der Waals surface area contributed by atoms with Crippen molar-refractivity contribution in [3.8, 4) is 0 Å². The van der Waals surface area contributed by atoms with Gasteiger partial charge in [0, 0.05) is 5.69 Å². The molecule has 0 heterocycles. The van der Waals surface area contributed by atoms with Crippen molar-refractivity contribution in [1.29, 1.82) is 0 Å². The van der Waals surface area contributed by atoms with Gasteiger partial charge in [0.25, 0.3) is 0 Å². The van der Waals surface area contributed by atoms with Crippen molar-refractivity contribution in [2.45, 2.75) is 38.0 Å². The molecule has 0 bridgehead atoms. The molecule has 0 aromatic heterocycles. The van der Waals surface area contributed by atoms with Crippen molar-refractivity contribution >= 4 is 5.69 Å². The topological polar surface area (TPSA) is 26.0 Å². The third-order valence-electron chi connectivity index (χ3n) is 3.07. The molecular weight excluding hydrogens is 177 g/mol. The minimum Gasteiger partial charge on any atom is -0.399 e. The van der Waals surface area contributed by atoms with Gasteiger partial charge in [0.2, 0.25) is 0 Å². The molecular formula is C12H16FN. The van der Waals surface area contributed by atoms with Crippen LogP contribution in [0.4, 0.5) is 10.1 Å². The van der Waals surface area contributed by atoms with E-state index in [1.807, 2.05) is 0 Å². The molecule has 1 aliphatic carbocycles. The van der Waals surface area contributed by atoms with Gasteiger partial charge < -0.3 is 5.73 Å². The van der Waals surface area contributed by atoms with Gasteiger partial charge in [0.15, 0.2) is 0 Å². The number of nitrogen functional groups attached to an aromatic ring is 1. The van der Waals surface area contributed by atoms with Crippen molar-refractivity contribution in [2.75, 3.05) is 5.73 Å². The summed E-state index contributed by atoms with van der Waals surface area (Å²) in [5, 5.41) is 0. The van der Waals surface area contributed by atoms with E-state index in [1.54, 1.807) is 12.1 Å². The molecule has 0 saturated heterocycles. The summed E-state index contributed by atoms with van der Waals surface area (Å²) in [6.45, 7) is 0. The lowest BCUT2D eigenvalue weighted by molar-refractivity contribution is 0.430. The van der Waals surface area contributed by atoms with Crippen molar-refractivity contribution in [1.82, 2.24) is 0 Å². The van der Waals surface area contributed by atoms with Gasteiger partial charge in [-0.15, -0.1) is 0 Å². The van der Waals surface area contributed by atoms with Crippen LogP contribution >= 0.6 is 0 Å². The van der Waals surface area contributed by atoms with Gasteiger partial charge in [-0.05, 0) is 42.5 Å². The molecule has 2 rings (SSSR count). The molecule has 76 valence electrons. The Morgan fingerprint density at radius 2 is 1.86 bits per heavy atom. The second-order valence-corrected chi connectivity index (χ2v) is 4.12. The Balaban J connectivity index is 2.24. The molecule has 1 aromatic carbocycles. The maximum absolute atomic E-state index is 13.5. The lowest BCUT2D eigenvalue weighted by Crippen LogP contribution is -2.07. The number of halogens is 1. The quantitative estimate of drug-likeness (QED) is 0.679. The third kappa shape index (κ3) is 1.89. The molecule has 0 amide bonds. The van der Waals surface area contributed by atoms with E-state index in [-0.39, 0.29) is 5.82 Å². The normalized spacial score (nSPS) is 18.4. The maximum Gasteiger partial charge on any atom is 0.126 e. The summed E-state index contributed by atoms with van der Waals surface area (Å²) < 4.78 is 13.5. The number of benzene rings is 1. The predicted molar refractivity (Wildman–Crippen MR) is 56.6 cm³/mol. The van der Waals surface area contributed by atoms with Crippen LogP contribution in [0.25, 0.3) is 0 Å². The summed E-state index contributed by atoms with van der Waals surface area (Å²) >= 11 is 0. The first-order chi connectivity index (χ1) is 6.77. The molecule has 1 aliphatic rings. The van der Waals surface area contributed by atoms with Crippen molar-refractivity contribution < 1.29 is 4.39 Å². The van der Waals surface area contributed by atoms with Gasteiger partial charge in [-0.25, -0.2) is 4.39 Å². The van der Waals surface area contributed by atoms with E-state index in [0.29, 0.717) is 11.6 Å². The second kappa shape index (κ2) is 3.99. The monoisotopic (exact) mass is 193 g/mol. The van der Waals surface area contributed by atoms with Crippen LogP contribution in [0.1, 0.15) is 43.6 Å². The Bertz CT molecular complexity index is 316. The van der Waals surface area contributed by atoms with Crippen LogP contribution < -0.4 is 5.73 Å². The molecule has 0 aliphatic heterocycles. The van der Waals surface area contributed by atoms with E-state index in [2.05, 4.69) is 0 Å². The highest BCUT2D eigenvalue weighted by atomic mass is 19.1. The van der Waals surface area contributed by atoms with E-state index in [9.17, 15) is 4.39 Å². The first-order valence-electron chi connectivity index (χ1n) is 5.32. The molecule has 0 unspecified atom stereocenters. The van der Waals surface area contributed by atoms with E-state index in [1.165, 1.54) is 25.3 Å². The Morgan fingerprint density at radius 1 is 1.14 bits per heavy atom. The first kappa shape index (κ1) is 9.50. The minimum absolute atomic E-state index is 0.0916. The smallest absolute Gasteiger partial charge is 0.126 e. The molecule has 0 spiro atoms. The summed E-state index contributed by atoms with van der Waals surface area (Å²) in [5.41, 5.74) is 7.16. The average molecular weight is 193 g/mol. The maximum atomic E-state index is 13.5. The zero-order valence-electron chi connectivity index (χ0n) is 8.30. The Kier molecular flexibility index (Phi) is 2.71. The molecule has 1 nitrogen and oxygen atoms in total. The van der Waals surface area contributed by atoms with Crippen LogP contribution in [0.15, 0.2) is 18.2 Å². The highest BCUT2D eigenvalue weighted by Crippen LogP contribution is 2.34. The largest absolute Gasteiger partial charge is 0.399 e. The molecule has 1 fully saturated rings. The van der Waals surface area contributed by atoms with Crippen LogP contribution in [0, 0.1) is 5.82 Å². The van der Waals surface area contributed by atoms with Crippen LogP contribution in [0.5, 0.6) is 0 Å². The summed E-state index contributed by atoms with van der Waals surface area (Å²) in [5.74, 6) is 0.304. The van der Waals surface area contributed by atoms with Gasteiger partial charge in [-0.1, -0.05) is 19.3 Å². The van der Waals surface area contributed by atoms with Gasteiger partial charge in [-0.3, -0.25) is 0 Å². The van der Waals surface area contributed by atoms with Gasteiger partial charge in [0.1, 0.15) is 5.82 Å². The molecule has 14 heavy (non-hydrogen) atoms. The fraction of sp³-hybridized carbons (Fsp3) is 0.500. The number of hydrogen-bond donors (Lipinski definition) is 1. The fourth-order valence-electron chi connectivity index (χ4n) is 2.29. The number of anilines is 1. The van der Waals surface area contributed by atoms with Crippen LogP contribution in [-0.2, 0) is 0 Å². The highest BCUT2D eigenvalue weighted by molar-refractivity contribution is 5.42. The minimum atomic E-state index is -0.0916. The summed E-state index contributed by atoms with van der Waals surface area (Å²) in [6, 6.07) is 4.91. The Morgan fingerprint density at radius 3 is 2.57 bits per heavy atom.